The number of aromatic carboxylic acids is 1. The van der Waals surface area contributed by atoms with Crippen molar-refractivity contribution in [1.29, 1.82) is 5.26 Å². The number of hydrogen-bond donors (Lipinski definition) is 1. The number of nitrogens with zero attached hydrogens (tertiary/aromatic N) is 5. The van der Waals surface area contributed by atoms with Gasteiger partial charge in [-0.2, -0.15) is 5.26 Å². The lowest BCUT2D eigenvalue weighted by Crippen LogP contribution is -2.57. The van der Waals surface area contributed by atoms with Crippen molar-refractivity contribution < 1.29 is 23.8 Å². The lowest BCUT2D eigenvalue weighted by atomic mass is 9.69. The Hall–Kier alpha value is -4.91. The molecular formula is C35H34FN5O4. The number of carboxylic acid groups (broad SMARTS) is 1. The number of carbonyl (C=O) groups is 1. The predicted molar refractivity (Wildman–Crippen MR) is 167 cm³/mol. The van der Waals surface area contributed by atoms with E-state index < -0.39 is 5.97 Å². The highest BCUT2D eigenvalue weighted by Gasteiger charge is 2.47. The molecule has 3 heterocycles. The third kappa shape index (κ3) is 5.59. The third-order valence-corrected chi connectivity index (χ3v) is 9.60. The van der Waals surface area contributed by atoms with Gasteiger partial charge < -0.3 is 24.0 Å². The van der Waals surface area contributed by atoms with Gasteiger partial charge in [0.2, 0.25) is 11.8 Å². The molecule has 1 N–H and O–H groups in total. The van der Waals surface area contributed by atoms with Crippen LogP contribution in [-0.2, 0) is 13.2 Å². The van der Waals surface area contributed by atoms with E-state index in [2.05, 4.69) is 21.6 Å². The summed E-state index contributed by atoms with van der Waals surface area (Å²) in [5.74, 6) is 0.487. The number of halogens is 1. The SMILES string of the molecule is COc1cc(F)ccc1COc1cccc(C2=CCC3(CC2)CN(c2nc4ccc(C(=O)O)cc4n2CC2(CC#N)CC2)C3)n1. The van der Waals surface area contributed by atoms with Crippen LogP contribution in [0.1, 0.15) is 60.1 Å². The molecule has 7 rings (SSSR count). The quantitative estimate of drug-likeness (QED) is 0.214. The molecule has 2 aromatic heterocycles. The first kappa shape index (κ1) is 28.8. The molecule has 0 radical (unpaired) electrons. The van der Waals surface area contributed by atoms with E-state index in [0.29, 0.717) is 24.6 Å². The highest BCUT2D eigenvalue weighted by molar-refractivity contribution is 5.93. The lowest BCUT2D eigenvalue weighted by Gasteiger charge is -2.52. The lowest BCUT2D eigenvalue weighted by molar-refractivity contribution is 0.0697. The van der Waals surface area contributed by atoms with E-state index >= 15 is 0 Å². The van der Waals surface area contributed by atoms with Gasteiger partial charge in [-0.1, -0.05) is 12.1 Å². The van der Waals surface area contributed by atoms with Crippen molar-refractivity contribution >= 4 is 28.5 Å². The maximum atomic E-state index is 13.6. The number of fused-ring (bicyclic) bond motifs is 1. The molecule has 2 aliphatic carbocycles. The minimum absolute atomic E-state index is 0.0578. The number of allylic oxidation sites excluding steroid dienone is 2. The van der Waals surface area contributed by atoms with Crippen molar-refractivity contribution in [3.05, 3.63) is 83.3 Å². The Balaban J connectivity index is 1.05. The molecule has 0 bridgehead atoms. The van der Waals surface area contributed by atoms with Crippen LogP contribution in [0.4, 0.5) is 10.3 Å². The van der Waals surface area contributed by atoms with Crippen LogP contribution < -0.4 is 14.4 Å². The molecule has 2 fully saturated rings. The Kier molecular flexibility index (Phi) is 7.19. The Morgan fingerprint density at radius 3 is 2.67 bits per heavy atom. The maximum absolute atomic E-state index is 13.6. The van der Waals surface area contributed by atoms with Crippen LogP contribution in [0.25, 0.3) is 16.6 Å². The normalized spacial score (nSPS) is 17.8. The van der Waals surface area contributed by atoms with E-state index in [1.807, 2.05) is 18.2 Å². The molecule has 1 spiro atoms. The second kappa shape index (κ2) is 11.2. The van der Waals surface area contributed by atoms with Gasteiger partial charge >= 0.3 is 5.97 Å². The van der Waals surface area contributed by atoms with Gasteiger partial charge in [-0.25, -0.2) is 19.2 Å². The number of nitriles is 1. The van der Waals surface area contributed by atoms with Gasteiger partial charge in [-0.3, -0.25) is 0 Å². The summed E-state index contributed by atoms with van der Waals surface area (Å²) < 4.78 is 26.9. The van der Waals surface area contributed by atoms with E-state index in [0.717, 1.165) is 73.4 Å². The van der Waals surface area contributed by atoms with Crippen LogP contribution in [0.15, 0.2) is 60.7 Å². The van der Waals surface area contributed by atoms with Gasteiger partial charge in [0.25, 0.3) is 0 Å². The summed E-state index contributed by atoms with van der Waals surface area (Å²) in [6.07, 6.45) is 7.64. The van der Waals surface area contributed by atoms with Crippen LogP contribution in [0, 0.1) is 28.0 Å². The largest absolute Gasteiger partial charge is 0.496 e. The standard InChI is InChI=1S/C35H34FN5O4/c1-44-30-18-26(36)7-5-25(30)19-45-31-4-2-3-27(38-31)23-9-11-35(12-10-23)20-40(21-35)33-39-28-8-6-24(32(42)43)17-29(28)41(33)22-34(13-14-34)15-16-37/h2-9,17-18H,10-15,19-22H2,1H3,(H,42,43). The number of ether oxygens (including phenoxy) is 2. The van der Waals surface area contributed by atoms with Gasteiger partial charge in [-0.05, 0) is 74.1 Å². The summed E-state index contributed by atoms with van der Waals surface area (Å²) in [6.45, 7) is 2.62. The molecule has 10 heteroatoms. The van der Waals surface area contributed by atoms with Crippen LogP contribution in [-0.4, -0.2) is 45.8 Å². The monoisotopic (exact) mass is 607 g/mol. The van der Waals surface area contributed by atoms with E-state index in [9.17, 15) is 19.6 Å². The molecule has 0 unspecified atom stereocenters. The number of carboxylic acids is 1. The number of aromatic nitrogens is 3. The molecule has 0 amide bonds. The molecular weight excluding hydrogens is 573 g/mol. The summed E-state index contributed by atoms with van der Waals surface area (Å²) >= 11 is 0. The fraction of sp³-hybridized carbons (Fsp3) is 0.371. The molecule has 1 saturated carbocycles. The fourth-order valence-electron chi connectivity index (χ4n) is 6.74. The van der Waals surface area contributed by atoms with Crippen LogP contribution >= 0.6 is 0 Å². The molecule has 9 nitrogen and oxygen atoms in total. The van der Waals surface area contributed by atoms with Crippen molar-refractivity contribution in [1.82, 2.24) is 14.5 Å². The Morgan fingerprint density at radius 1 is 1.11 bits per heavy atom. The van der Waals surface area contributed by atoms with Gasteiger partial charge in [0.1, 0.15) is 18.2 Å². The molecule has 4 aromatic rings. The molecule has 230 valence electrons. The summed E-state index contributed by atoms with van der Waals surface area (Å²) in [5.41, 5.74) is 4.76. The number of hydrogen-bond acceptors (Lipinski definition) is 7. The summed E-state index contributed by atoms with van der Waals surface area (Å²) in [6, 6.07) is 17.6. The fourth-order valence-corrected chi connectivity index (χ4v) is 6.74. The van der Waals surface area contributed by atoms with Gasteiger partial charge in [0.05, 0.1) is 35.5 Å². The molecule has 3 aliphatic rings. The first-order valence-electron chi connectivity index (χ1n) is 15.3. The van der Waals surface area contributed by atoms with Crippen molar-refractivity contribution in [3.8, 4) is 17.7 Å². The Labute approximate surface area is 260 Å². The number of methoxy groups -OCH3 is 1. The zero-order valence-corrected chi connectivity index (χ0v) is 25.1. The van der Waals surface area contributed by atoms with Gasteiger partial charge in [0, 0.05) is 54.6 Å². The van der Waals surface area contributed by atoms with E-state index in [1.54, 1.807) is 24.3 Å². The number of anilines is 1. The predicted octanol–water partition coefficient (Wildman–Crippen LogP) is 6.62. The summed E-state index contributed by atoms with van der Waals surface area (Å²) in [4.78, 5) is 23.7. The minimum Gasteiger partial charge on any atom is -0.496 e. The number of pyridine rings is 1. The van der Waals surface area contributed by atoms with E-state index in [-0.39, 0.29) is 28.8 Å². The average Bonchev–Trinajstić information content (AvgIpc) is 3.71. The van der Waals surface area contributed by atoms with Crippen molar-refractivity contribution in [3.63, 3.8) is 0 Å². The second-order valence-corrected chi connectivity index (χ2v) is 12.7. The first-order chi connectivity index (χ1) is 21.8. The summed E-state index contributed by atoms with van der Waals surface area (Å²) in [5, 5.41) is 19.0. The Morgan fingerprint density at radius 2 is 1.96 bits per heavy atom. The molecule has 2 aromatic carbocycles. The molecule has 1 saturated heterocycles. The third-order valence-electron chi connectivity index (χ3n) is 9.60. The zero-order chi connectivity index (χ0) is 31.2. The second-order valence-electron chi connectivity index (χ2n) is 12.7. The van der Waals surface area contributed by atoms with Crippen molar-refractivity contribution in [2.24, 2.45) is 10.8 Å². The van der Waals surface area contributed by atoms with E-state index in [4.69, 9.17) is 19.4 Å². The molecule has 45 heavy (non-hydrogen) atoms. The van der Waals surface area contributed by atoms with E-state index in [1.165, 1.54) is 24.8 Å². The van der Waals surface area contributed by atoms with Gasteiger partial charge in [0.15, 0.2) is 0 Å². The first-order valence-corrected chi connectivity index (χ1v) is 15.3. The summed E-state index contributed by atoms with van der Waals surface area (Å²) in [7, 11) is 1.51. The maximum Gasteiger partial charge on any atom is 0.335 e. The molecule has 1 aliphatic heterocycles. The highest BCUT2D eigenvalue weighted by Crippen LogP contribution is 2.52. The number of benzene rings is 2. The minimum atomic E-state index is -0.961. The number of rotatable bonds is 10. The zero-order valence-electron chi connectivity index (χ0n) is 25.1. The molecule has 0 atom stereocenters. The van der Waals surface area contributed by atoms with Crippen LogP contribution in [0.2, 0.25) is 0 Å². The van der Waals surface area contributed by atoms with Crippen molar-refractivity contribution in [2.45, 2.75) is 51.7 Å². The van der Waals surface area contributed by atoms with Gasteiger partial charge in [-0.15, -0.1) is 0 Å². The Bertz CT molecular complexity index is 1870. The highest BCUT2D eigenvalue weighted by atomic mass is 19.1. The average molecular weight is 608 g/mol. The van der Waals surface area contributed by atoms with Crippen molar-refractivity contribution in [2.75, 3.05) is 25.1 Å². The smallest absolute Gasteiger partial charge is 0.335 e. The van der Waals surface area contributed by atoms with Crippen LogP contribution in [0.3, 0.4) is 0 Å². The van der Waals surface area contributed by atoms with Crippen LogP contribution in [0.5, 0.6) is 11.6 Å². The number of imidazole rings is 1. The topological polar surface area (TPSA) is 113 Å².